The summed E-state index contributed by atoms with van der Waals surface area (Å²) in [5, 5.41) is 9.52. The largest absolute Gasteiger partial charge is 0.506 e. The van der Waals surface area contributed by atoms with Crippen LogP contribution in [0.25, 0.3) is 0 Å². The van der Waals surface area contributed by atoms with E-state index in [1.807, 2.05) is 0 Å². The quantitative estimate of drug-likeness (QED) is 0.696. The number of benzene rings is 1. The van der Waals surface area contributed by atoms with Gasteiger partial charge in [0, 0.05) is 18.1 Å². The van der Waals surface area contributed by atoms with Crippen LogP contribution >= 0.6 is 11.6 Å². The van der Waals surface area contributed by atoms with Crippen LogP contribution in [0.1, 0.15) is 49.5 Å². The lowest BCUT2D eigenvalue weighted by Crippen LogP contribution is -2.19. The molecular formula is C14H7ClO5. The average Bonchev–Trinajstić information content (AvgIpc) is 2.84. The van der Waals surface area contributed by atoms with Gasteiger partial charge in [-0.25, -0.2) is 0 Å². The van der Waals surface area contributed by atoms with Gasteiger partial charge in [-0.15, -0.1) is 0 Å². The Kier molecular flexibility index (Phi) is 2.55. The fraction of sp³-hybridized carbons (Fsp3) is 0.0714. The van der Waals surface area contributed by atoms with Gasteiger partial charge in [0.15, 0.2) is 23.1 Å². The zero-order valence-corrected chi connectivity index (χ0v) is 10.9. The number of ketones is 3. The molecular weight excluding hydrogens is 284 g/mol. The van der Waals surface area contributed by atoms with Gasteiger partial charge in [0.2, 0.25) is 5.78 Å². The van der Waals surface area contributed by atoms with E-state index in [4.69, 9.17) is 16.0 Å². The zero-order chi connectivity index (χ0) is 14.6. The number of hydrogen-bond acceptors (Lipinski definition) is 5. The summed E-state index contributed by atoms with van der Waals surface area (Å²) < 4.78 is 5.14. The third-order valence-corrected chi connectivity index (χ3v) is 3.41. The number of rotatable bonds is 1. The highest BCUT2D eigenvalue weighted by Crippen LogP contribution is 2.35. The van der Waals surface area contributed by atoms with Crippen LogP contribution in [0, 0.1) is 0 Å². The van der Waals surface area contributed by atoms with Crippen molar-refractivity contribution < 1.29 is 23.9 Å². The normalized spacial score (nSPS) is 13.1. The molecule has 0 amide bonds. The van der Waals surface area contributed by atoms with E-state index in [9.17, 15) is 19.5 Å². The highest BCUT2D eigenvalue weighted by molar-refractivity contribution is 6.34. The monoisotopic (exact) mass is 290 g/mol. The maximum atomic E-state index is 12.3. The molecule has 1 aromatic heterocycles. The Hall–Kier alpha value is -2.40. The molecule has 0 saturated heterocycles. The number of furan rings is 1. The zero-order valence-electron chi connectivity index (χ0n) is 10.2. The van der Waals surface area contributed by atoms with Crippen LogP contribution < -0.4 is 0 Å². The van der Waals surface area contributed by atoms with Crippen molar-refractivity contribution in [1.82, 2.24) is 0 Å². The van der Waals surface area contributed by atoms with Crippen LogP contribution in [0.3, 0.4) is 0 Å². The number of aromatic hydroxyl groups is 1. The standard InChI is InChI=1S/C14H7ClO5/c1-5(16)11-4-8-12(18)6-2-9(15)10(17)3-7(6)13(19)14(8)20-11/h2-4,17H,1H3. The topological polar surface area (TPSA) is 84.6 Å². The summed E-state index contributed by atoms with van der Waals surface area (Å²) in [5.74, 6) is -1.95. The van der Waals surface area contributed by atoms with Crippen molar-refractivity contribution in [3.63, 3.8) is 0 Å². The lowest BCUT2D eigenvalue weighted by atomic mass is 9.88. The van der Waals surface area contributed by atoms with Crippen LogP contribution in [-0.4, -0.2) is 22.5 Å². The molecule has 1 aliphatic carbocycles. The maximum Gasteiger partial charge on any atom is 0.229 e. The summed E-state index contributed by atoms with van der Waals surface area (Å²) in [6.07, 6.45) is 0. The molecule has 1 N–H and O–H groups in total. The number of carbonyl (C=O) groups is 3. The van der Waals surface area contributed by atoms with Crippen molar-refractivity contribution in [2.24, 2.45) is 0 Å². The summed E-state index contributed by atoms with van der Waals surface area (Å²) >= 11 is 5.75. The van der Waals surface area contributed by atoms with E-state index in [-0.39, 0.29) is 44.8 Å². The highest BCUT2D eigenvalue weighted by Gasteiger charge is 2.35. The van der Waals surface area contributed by atoms with Crippen molar-refractivity contribution in [1.29, 1.82) is 0 Å². The number of phenolic OH excluding ortho intramolecular Hbond substituents is 1. The fourth-order valence-corrected chi connectivity index (χ4v) is 2.27. The second-order valence-corrected chi connectivity index (χ2v) is 4.82. The first-order chi connectivity index (χ1) is 9.40. The van der Waals surface area contributed by atoms with Crippen LogP contribution in [0.4, 0.5) is 0 Å². The number of carbonyl (C=O) groups excluding carboxylic acids is 3. The molecule has 0 aliphatic heterocycles. The molecule has 1 heterocycles. The molecule has 0 saturated carbocycles. The Morgan fingerprint density at radius 2 is 1.75 bits per heavy atom. The smallest absolute Gasteiger partial charge is 0.229 e. The van der Waals surface area contributed by atoms with Gasteiger partial charge in [0.05, 0.1) is 10.6 Å². The third kappa shape index (κ3) is 1.60. The molecule has 20 heavy (non-hydrogen) atoms. The van der Waals surface area contributed by atoms with Gasteiger partial charge in [0.25, 0.3) is 0 Å². The highest BCUT2D eigenvalue weighted by atomic mass is 35.5. The predicted octanol–water partition coefficient (Wildman–Crippen LogP) is 2.62. The number of halogens is 1. The molecule has 0 fully saturated rings. The summed E-state index contributed by atoms with van der Waals surface area (Å²) in [6, 6.07) is 3.61. The molecule has 2 aromatic rings. The van der Waals surface area contributed by atoms with Crippen molar-refractivity contribution in [2.75, 3.05) is 0 Å². The van der Waals surface area contributed by atoms with E-state index < -0.39 is 11.6 Å². The first kappa shape index (κ1) is 12.6. The molecule has 3 rings (SSSR count). The van der Waals surface area contributed by atoms with Crippen molar-refractivity contribution in [2.45, 2.75) is 6.92 Å². The fourth-order valence-electron chi connectivity index (χ4n) is 2.11. The second kappa shape index (κ2) is 4.05. The predicted molar refractivity (Wildman–Crippen MR) is 68.7 cm³/mol. The molecule has 1 aliphatic rings. The van der Waals surface area contributed by atoms with Crippen LogP contribution in [0.2, 0.25) is 5.02 Å². The van der Waals surface area contributed by atoms with E-state index in [0.29, 0.717) is 0 Å². The van der Waals surface area contributed by atoms with Gasteiger partial charge >= 0.3 is 0 Å². The third-order valence-electron chi connectivity index (χ3n) is 3.11. The second-order valence-electron chi connectivity index (χ2n) is 4.42. The van der Waals surface area contributed by atoms with Crippen molar-refractivity contribution in [3.8, 4) is 5.75 Å². The maximum absolute atomic E-state index is 12.3. The van der Waals surface area contributed by atoms with Gasteiger partial charge < -0.3 is 9.52 Å². The minimum absolute atomic E-state index is 0.00820. The summed E-state index contributed by atoms with van der Waals surface area (Å²) in [4.78, 5) is 35.8. The summed E-state index contributed by atoms with van der Waals surface area (Å²) in [7, 11) is 0. The Morgan fingerprint density at radius 3 is 2.40 bits per heavy atom. The molecule has 5 nitrogen and oxygen atoms in total. The van der Waals surface area contributed by atoms with E-state index >= 15 is 0 Å². The Labute approximate surface area is 117 Å². The van der Waals surface area contributed by atoms with Gasteiger partial charge in [-0.2, -0.15) is 0 Å². The molecule has 0 unspecified atom stereocenters. The number of phenols is 1. The van der Waals surface area contributed by atoms with Gasteiger partial charge in [-0.3, -0.25) is 14.4 Å². The van der Waals surface area contributed by atoms with Gasteiger partial charge in [0.1, 0.15) is 5.75 Å². The molecule has 100 valence electrons. The minimum atomic E-state index is -0.561. The first-order valence-corrected chi connectivity index (χ1v) is 6.04. The molecule has 0 atom stereocenters. The van der Waals surface area contributed by atoms with Gasteiger partial charge in [-0.05, 0) is 18.2 Å². The first-order valence-electron chi connectivity index (χ1n) is 5.67. The van der Waals surface area contributed by atoms with Crippen molar-refractivity contribution in [3.05, 3.63) is 51.4 Å². The van der Waals surface area contributed by atoms with E-state index in [2.05, 4.69) is 0 Å². The molecule has 6 heteroatoms. The molecule has 1 aromatic carbocycles. The summed E-state index contributed by atoms with van der Waals surface area (Å²) in [6.45, 7) is 1.27. The Balaban J connectivity index is 2.28. The number of fused-ring (bicyclic) bond motifs is 2. The molecule has 0 radical (unpaired) electrons. The lowest BCUT2D eigenvalue weighted by Gasteiger charge is -2.13. The van der Waals surface area contributed by atoms with Crippen LogP contribution in [-0.2, 0) is 0 Å². The number of hydrogen-bond donors (Lipinski definition) is 1. The van der Waals surface area contributed by atoms with Crippen molar-refractivity contribution >= 4 is 29.0 Å². The average molecular weight is 291 g/mol. The van der Waals surface area contributed by atoms with E-state index in [1.165, 1.54) is 19.1 Å². The summed E-state index contributed by atoms with van der Waals surface area (Å²) in [5.41, 5.74) is 0.129. The van der Waals surface area contributed by atoms with E-state index in [1.54, 1.807) is 0 Å². The molecule has 0 bridgehead atoms. The molecule has 0 spiro atoms. The van der Waals surface area contributed by atoms with Gasteiger partial charge in [-0.1, -0.05) is 11.6 Å². The van der Waals surface area contributed by atoms with E-state index in [0.717, 1.165) is 6.07 Å². The lowest BCUT2D eigenvalue weighted by molar-refractivity contribution is 0.0947. The Morgan fingerprint density at radius 1 is 1.10 bits per heavy atom. The minimum Gasteiger partial charge on any atom is -0.506 e. The van der Waals surface area contributed by atoms with Crippen LogP contribution in [0.15, 0.2) is 22.6 Å². The SMILES string of the molecule is CC(=O)c1cc2c(o1)C(=O)c1cc(O)c(Cl)cc1C2=O. The number of Topliss-reactive ketones (excluding diaryl/α,β-unsaturated/α-hetero) is 1. The van der Waals surface area contributed by atoms with Crippen LogP contribution in [0.5, 0.6) is 5.75 Å². The Bertz CT molecular complexity index is 742.